The summed E-state index contributed by atoms with van der Waals surface area (Å²) >= 11 is 6.17. The predicted molar refractivity (Wildman–Crippen MR) is 73.2 cm³/mol. The minimum absolute atomic E-state index is 0.0126. The lowest BCUT2D eigenvalue weighted by Gasteiger charge is -2.16. The van der Waals surface area contributed by atoms with E-state index in [1.165, 1.54) is 0 Å². The van der Waals surface area contributed by atoms with E-state index in [0.717, 1.165) is 28.3 Å². The molecular weight excluding hydrogens is 248 g/mol. The number of nitrogens with zero attached hydrogens (tertiary/aromatic N) is 2. The van der Waals surface area contributed by atoms with Gasteiger partial charge in [0, 0.05) is 23.3 Å². The SMILES string of the molecule is Cc1c(C(Cc2ccccc2Cl)NN)cnn1C. The van der Waals surface area contributed by atoms with E-state index in [1.54, 1.807) is 0 Å². The molecule has 1 atom stereocenters. The molecule has 1 unspecified atom stereocenters. The molecule has 1 aromatic carbocycles. The van der Waals surface area contributed by atoms with Crippen LogP contribution in [0, 0.1) is 6.92 Å². The fourth-order valence-corrected chi connectivity index (χ4v) is 2.21. The number of benzene rings is 1. The van der Waals surface area contributed by atoms with E-state index in [0.29, 0.717) is 0 Å². The van der Waals surface area contributed by atoms with Crippen LogP contribution in [0.3, 0.4) is 0 Å². The highest BCUT2D eigenvalue weighted by atomic mass is 35.5. The van der Waals surface area contributed by atoms with E-state index in [4.69, 9.17) is 17.4 Å². The van der Waals surface area contributed by atoms with Gasteiger partial charge in [0.1, 0.15) is 0 Å². The van der Waals surface area contributed by atoms with Crippen molar-refractivity contribution in [3.8, 4) is 0 Å². The summed E-state index contributed by atoms with van der Waals surface area (Å²) in [4.78, 5) is 0. The first-order valence-corrected chi connectivity index (χ1v) is 6.19. The van der Waals surface area contributed by atoms with Crippen molar-refractivity contribution in [2.45, 2.75) is 19.4 Å². The molecule has 0 radical (unpaired) electrons. The van der Waals surface area contributed by atoms with Crippen molar-refractivity contribution >= 4 is 11.6 Å². The van der Waals surface area contributed by atoms with Crippen LogP contribution in [0.4, 0.5) is 0 Å². The molecule has 1 heterocycles. The summed E-state index contributed by atoms with van der Waals surface area (Å²) in [7, 11) is 1.92. The molecule has 4 nitrogen and oxygen atoms in total. The Balaban J connectivity index is 2.25. The molecule has 2 rings (SSSR count). The van der Waals surface area contributed by atoms with Crippen molar-refractivity contribution in [1.29, 1.82) is 0 Å². The average molecular weight is 265 g/mol. The second-order valence-corrected chi connectivity index (χ2v) is 4.73. The van der Waals surface area contributed by atoms with E-state index >= 15 is 0 Å². The van der Waals surface area contributed by atoms with Crippen LogP contribution in [-0.2, 0) is 13.5 Å². The third kappa shape index (κ3) is 2.56. The highest BCUT2D eigenvalue weighted by molar-refractivity contribution is 6.31. The molecule has 0 bridgehead atoms. The fourth-order valence-electron chi connectivity index (χ4n) is 2.00. The number of nitrogens with two attached hydrogens (primary N) is 1. The van der Waals surface area contributed by atoms with E-state index in [9.17, 15) is 0 Å². The number of hydrazine groups is 1. The minimum atomic E-state index is 0.0126. The Morgan fingerprint density at radius 3 is 2.72 bits per heavy atom. The van der Waals surface area contributed by atoms with Gasteiger partial charge in [0.05, 0.1) is 12.2 Å². The Bertz CT molecular complexity index is 536. The van der Waals surface area contributed by atoms with Gasteiger partial charge < -0.3 is 0 Å². The molecular formula is C13H17ClN4. The van der Waals surface area contributed by atoms with Crippen molar-refractivity contribution in [3.05, 3.63) is 52.3 Å². The van der Waals surface area contributed by atoms with Crippen molar-refractivity contribution < 1.29 is 0 Å². The predicted octanol–water partition coefficient (Wildman–Crippen LogP) is 2.13. The fraction of sp³-hybridized carbons (Fsp3) is 0.308. The largest absolute Gasteiger partial charge is 0.273 e. The van der Waals surface area contributed by atoms with Crippen LogP contribution < -0.4 is 11.3 Å². The highest BCUT2D eigenvalue weighted by Crippen LogP contribution is 2.24. The van der Waals surface area contributed by atoms with Gasteiger partial charge in [-0.3, -0.25) is 16.0 Å². The Morgan fingerprint density at radius 2 is 2.17 bits per heavy atom. The first-order chi connectivity index (χ1) is 8.63. The zero-order valence-corrected chi connectivity index (χ0v) is 11.3. The summed E-state index contributed by atoms with van der Waals surface area (Å²) < 4.78 is 1.84. The highest BCUT2D eigenvalue weighted by Gasteiger charge is 2.16. The zero-order valence-electron chi connectivity index (χ0n) is 10.5. The molecule has 3 N–H and O–H groups in total. The quantitative estimate of drug-likeness (QED) is 0.657. The summed E-state index contributed by atoms with van der Waals surface area (Å²) in [5.74, 6) is 5.65. The summed E-state index contributed by atoms with van der Waals surface area (Å²) in [6.45, 7) is 2.03. The van der Waals surface area contributed by atoms with Crippen LogP contribution in [-0.4, -0.2) is 9.78 Å². The van der Waals surface area contributed by atoms with Gasteiger partial charge in [-0.1, -0.05) is 29.8 Å². The molecule has 1 aromatic heterocycles. The van der Waals surface area contributed by atoms with Crippen LogP contribution >= 0.6 is 11.6 Å². The molecule has 0 spiro atoms. The second kappa shape index (κ2) is 5.52. The Kier molecular flexibility index (Phi) is 4.01. The summed E-state index contributed by atoms with van der Waals surface area (Å²) in [6, 6.07) is 7.81. The number of aryl methyl sites for hydroxylation is 1. The van der Waals surface area contributed by atoms with Crippen LogP contribution in [0.5, 0.6) is 0 Å². The van der Waals surface area contributed by atoms with Gasteiger partial charge in [-0.15, -0.1) is 0 Å². The molecule has 18 heavy (non-hydrogen) atoms. The Hall–Kier alpha value is -1.36. The molecule has 5 heteroatoms. The number of rotatable bonds is 4. The molecule has 96 valence electrons. The number of halogens is 1. The maximum absolute atomic E-state index is 6.17. The monoisotopic (exact) mass is 264 g/mol. The van der Waals surface area contributed by atoms with Crippen molar-refractivity contribution in [3.63, 3.8) is 0 Å². The second-order valence-electron chi connectivity index (χ2n) is 4.32. The first-order valence-electron chi connectivity index (χ1n) is 5.81. The van der Waals surface area contributed by atoms with Gasteiger partial charge in [0.25, 0.3) is 0 Å². The van der Waals surface area contributed by atoms with E-state index < -0.39 is 0 Å². The smallest absolute Gasteiger partial charge is 0.0540 e. The lowest BCUT2D eigenvalue weighted by Crippen LogP contribution is -2.30. The summed E-state index contributed by atoms with van der Waals surface area (Å²) in [5, 5.41) is 5.00. The molecule has 0 aliphatic rings. The van der Waals surface area contributed by atoms with Crippen LogP contribution in [0.25, 0.3) is 0 Å². The maximum atomic E-state index is 6.17. The summed E-state index contributed by atoms with van der Waals surface area (Å²) in [6.07, 6.45) is 2.58. The number of nitrogens with one attached hydrogen (secondary N) is 1. The van der Waals surface area contributed by atoms with Crippen molar-refractivity contribution in [2.75, 3.05) is 0 Å². The normalized spacial score (nSPS) is 12.7. The molecule has 0 amide bonds. The maximum Gasteiger partial charge on any atom is 0.0540 e. The molecule has 2 aromatic rings. The van der Waals surface area contributed by atoms with Crippen LogP contribution in [0.15, 0.2) is 30.5 Å². The Morgan fingerprint density at radius 1 is 1.44 bits per heavy atom. The molecule has 0 fully saturated rings. The van der Waals surface area contributed by atoms with E-state index in [2.05, 4.69) is 10.5 Å². The molecule has 0 aliphatic carbocycles. The van der Waals surface area contributed by atoms with E-state index in [-0.39, 0.29) is 6.04 Å². The van der Waals surface area contributed by atoms with Gasteiger partial charge >= 0.3 is 0 Å². The zero-order chi connectivity index (χ0) is 13.1. The number of aromatic nitrogens is 2. The molecule has 0 aliphatic heterocycles. The van der Waals surface area contributed by atoms with Crippen molar-refractivity contribution in [2.24, 2.45) is 12.9 Å². The van der Waals surface area contributed by atoms with Crippen molar-refractivity contribution in [1.82, 2.24) is 15.2 Å². The van der Waals surface area contributed by atoms with Gasteiger partial charge in [0.2, 0.25) is 0 Å². The van der Waals surface area contributed by atoms with Gasteiger partial charge in [-0.2, -0.15) is 5.10 Å². The minimum Gasteiger partial charge on any atom is -0.273 e. The lowest BCUT2D eigenvalue weighted by atomic mass is 10.00. The summed E-state index contributed by atoms with van der Waals surface area (Å²) in [5.41, 5.74) is 6.11. The molecule has 0 saturated heterocycles. The number of hydrogen-bond acceptors (Lipinski definition) is 3. The van der Waals surface area contributed by atoms with E-state index in [1.807, 2.05) is 49.1 Å². The van der Waals surface area contributed by atoms with Gasteiger partial charge in [0.15, 0.2) is 0 Å². The van der Waals surface area contributed by atoms with Crippen LogP contribution in [0.2, 0.25) is 5.02 Å². The lowest BCUT2D eigenvalue weighted by molar-refractivity contribution is 0.548. The Labute approximate surface area is 112 Å². The first kappa shape index (κ1) is 13.1. The van der Waals surface area contributed by atoms with Gasteiger partial charge in [-0.25, -0.2) is 0 Å². The standard InChI is InChI=1S/C13H17ClN4/c1-9-11(8-16-18(9)2)13(17-15)7-10-5-3-4-6-12(10)14/h3-6,8,13,17H,7,15H2,1-2H3. The molecule has 0 saturated carbocycles. The third-order valence-electron chi connectivity index (χ3n) is 3.23. The topological polar surface area (TPSA) is 55.9 Å². The average Bonchev–Trinajstić information content (AvgIpc) is 2.70. The van der Waals surface area contributed by atoms with Crippen LogP contribution in [0.1, 0.15) is 22.9 Å². The third-order valence-corrected chi connectivity index (χ3v) is 3.60. The number of hydrogen-bond donors (Lipinski definition) is 2. The van der Waals surface area contributed by atoms with Gasteiger partial charge in [-0.05, 0) is 25.0 Å².